The van der Waals surface area contributed by atoms with Gasteiger partial charge >= 0.3 is 11.7 Å². The van der Waals surface area contributed by atoms with Gasteiger partial charge in [0.15, 0.2) is 5.82 Å². The Kier molecular flexibility index (Phi) is 6.53. The molecule has 0 aliphatic carbocycles. The van der Waals surface area contributed by atoms with E-state index in [0.29, 0.717) is 17.0 Å². The van der Waals surface area contributed by atoms with E-state index < -0.39 is 11.7 Å². The number of ether oxygens (including phenoxy) is 1. The largest absolute Gasteiger partial charge is 0.462 e. The number of hydrogen-bond acceptors (Lipinski definition) is 6. The van der Waals surface area contributed by atoms with E-state index in [-0.39, 0.29) is 6.61 Å². The molecule has 4 rings (SSSR count). The maximum absolute atomic E-state index is 13.1. The number of esters is 1. The lowest BCUT2D eigenvalue weighted by molar-refractivity contribution is 0.0526. The van der Waals surface area contributed by atoms with E-state index in [1.165, 1.54) is 0 Å². The zero-order chi connectivity index (χ0) is 23.4. The van der Waals surface area contributed by atoms with Gasteiger partial charge in [0.1, 0.15) is 0 Å². The molecule has 33 heavy (non-hydrogen) atoms. The lowest BCUT2D eigenvalue weighted by Gasteiger charge is -2.18. The van der Waals surface area contributed by atoms with Crippen LogP contribution in [-0.2, 0) is 11.2 Å². The number of unbranched alkanes of at least 4 members (excludes halogenated alkanes) is 1. The fourth-order valence-corrected chi connectivity index (χ4v) is 3.87. The summed E-state index contributed by atoms with van der Waals surface area (Å²) in [7, 11) is 0. The Balaban J connectivity index is 1.97. The summed E-state index contributed by atoms with van der Waals surface area (Å²) in [5.41, 5.74) is 5.34. The molecule has 0 bridgehead atoms. The number of hydrogen-bond donors (Lipinski definition) is 1. The number of aryl methyl sites for hydroxylation is 2. The van der Waals surface area contributed by atoms with Crippen molar-refractivity contribution in [3.05, 3.63) is 76.0 Å². The number of nitrogens with zero attached hydrogens (tertiary/aromatic N) is 3. The first-order chi connectivity index (χ1) is 16.0. The van der Waals surface area contributed by atoms with Gasteiger partial charge in [-0.3, -0.25) is 9.51 Å². The third kappa shape index (κ3) is 4.64. The molecule has 0 aliphatic rings. The molecule has 8 nitrogen and oxygen atoms in total. The second kappa shape index (κ2) is 9.68. The second-order valence-electron chi connectivity index (χ2n) is 7.75. The molecule has 0 aliphatic heterocycles. The van der Waals surface area contributed by atoms with Gasteiger partial charge in [0, 0.05) is 11.8 Å². The van der Waals surface area contributed by atoms with Gasteiger partial charge in [-0.15, -0.1) is 0 Å². The predicted octanol–water partition coefficient (Wildman–Crippen LogP) is 4.71. The van der Waals surface area contributed by atoms with E-state index in [9.17, 15) is 9.59 Å². The highest BCUT2D eigenvalue weighted by atomic mass is 16.5. The van der Waals surface area contributed by atoms with Crippen molar-refractivity contribution in [3.63, 3.8) is 0 Å². The predicted molar refractivity (Wildman–Crippen MR) is 124 cm³/mol. The summed E-state index contributed by atoms with van der Waals surface area (Å²) in [6.07, 6.45) is 4.59. The summed E-state index contributed by atoms with van der Waals surface area (Å²) in [5.74, 6) is -0.706. The Morgan fingerprint density at radius 2 is 1.94 bits per heavy atom. The van der Waals surface area contributed by atoms with Crippen molar-refractivity contribution in [3.8, 4) is 28.2 Å². The zero-order valence-corrected chi connectivity index (χ0v) is 18.9. The Morgan fingerprint density at radius 1 is 1.15 bits per heavy atom. The standard InChI is InChI=1S/C25H26N4O4/c1-4-6-9-17-14-18(19-10-7-8-11-20(19)23-26-25(31)33-28-23)15-21(24(30)32-5-2)22(17)29-13-12-16(3)27-29/h7-8,10-15H,4-6,9H2,1-3H3,(H,26,28,31). The number of benzene rings is 2. The van der Waals surface area contributed by atoms with Crippen molar-refractivity contribution in [2.75, 3.05) is 6.61 Å². The van der Waals surface area contributed by atoms with Gasteiger partial charge in [0.2, 0.25) is 0 Å². The second-order valence-corrected chi connectivity index (χ2v) is 7.75. The fourth-order valence-electron chi connectivity index (χ4n) is 3.87. The van der Waals surface area contributed by atoms with Gasteiger partial charge in [-0.2, -0.15) is 5.10 Å². The minimum Gasteiger partial charge on any atom is -0.462 e. The molecule has 0 fully saturated rings. The van der Waals surface area contributed by atoms with Crippen LogP contribution in [0.25, 0.3) is 28.2 Å². The first-order valence-electron chi connectivity index (χ1n) is 11.0. The molecule has 0 saturated heterocycles. The van der Waals surface area contributed by atoms with Gasteiger partial charge in [-0.1, -0.05) is 42.8 Å². The normalized spacial score (nSPS) is 11.0. The van der Waals surface area contributed by atoms with E-state index in [1.54, 1.807) is 11.6 Å². The topological polar surface area (TPSA) is 103 Å². The monoisotopic (exact) mass is 446 g/mol. The molecule has 1 N–H and O–H groups in total. The number of carbonyl (C=O) groups excluding carboxylic acids is 1. The minimum absolute atomic E-state index is 0.266. The highest BCUT2D eigenvalue weighted by Gasteiger charge is 2.22. The summed E-state index contributed by atoms with van der Waals surface area (Å²) in [5, 5.41) is 8.42. The van der Waals surface area contributed by atoms with Crippen LogP contribution in [0.4, 0.5) is 0 Å². The average Bonchev–Trinajstić information content (AvgIpc) is 3.45. The minimum atomic E-state index is -0.625. The summed E-state index contributed by atoms with van der Waals surface area (Å²) in [4.78, 5) is 27.2. The van der Waals surface area contributed by atoms with Crippen molar-refractivity contribution in [1.82, 2.24) is 19.9 Å². The molecular weight excluding hydrogens is 420 g/mol. The molecule has 0 spiro atoms. The van der Waals surface area contributed by atoms with Crippen molar-refractivity contribution < 1.29 is 14.1 Å². The molecule has 0 radical (unpaired) electrons. The first kappa shape index (κ1) is 22.3. The van der Waals surface area contributed by atoms with E-state index in [2.05, 4.69) is 28.2 Å². The first-order valence-corrected chi connectivity index (χ1v) is 11.0. The quantitative estimate of drug-likeness (QED) is 0.393. The molecule has 2 aromatic carbocycles. The van der Waals surface area contributed by atoms with E-state index in [4.69, 9.17) is 9.26 Å². The molecule has 0 saturated carbocycles. The number of aromatic nitrogens is 4. The molecule has 0 atom stereocenters. The Bertz CT molecular complexity index is 1330. The Morgan fingerprint density at radius 3 is 2.58 bits per heavy atom. The molecule has 8 heteroatoms. The summed E-state index contributed by atoms with van der Waals surface area (Å²) < 4.78 is 11.9. The van der Waals surface area contributed by atoms with Gasteiger partial charge in [-0.05, 0) is 61.6 Å². The van der Waals surface area contributed by atoms with Crippen molar-refractivity contribution in [2.24, 2.45) is 0 Å². The van der Waals surface area contributed by atoms with Gasteiger partial charge in [0.05, 0.1) is 23.6 Å². The Hall–Kier alpha value is -3.94. The fraction of sp³-hybridized carbons (Fsp3) is 0.280. The highest BCUT2D eigenvalue weighted by Crippen LogP contribution is 2.34. The average molecular weight is 447 g/mol. The number of rotatable bonds is 8. The lowest BCUT2D eigenvalue weighted by Crippen LogP contribution is -2.13. The summed E-state index contributed by atoms with van der Waals surface area (Å²) in [6, 6.07) is 13.3. The molecule has 0 unspecified atom stereocenters. The van der Waals surface area contributed by atoms with Crippen molar-refractivity contribution in [2.45, 2.75) is 40.0 Å². The molecule has 170 valence electrons. The lowest BCUT2D eigenvalue weighted by atomic mass is 9.92. The molecular formula is C25H26N4O4. The number of aromatic amines is 1. The molecule has 0 amide bonds. The van der Waals surface area contributed by atoms with Gasteiger partial charge < -0.3 is 4.74 Å². The van der Waals surface area contributed by atoms with Gasteiger partial charge in [0.25, 0.3) is 0 Å². The van der Waals surface area contributed by atoms with Crippen LogP contribution in [0, 0.1) is 6.92 Å². The smallest absolute Gasteiger partial charge is 0.439 e. The van der Waals surface area contributed by atoms with Gasteiger partial charge in [-0.25, -0.2) is 14.3 Å². The van der Waals surface area contributed by atoms with Crippen LogP contribution in [0.15, 0.2) is 58.0 Å². The van der Waals surface area contributed by atoms with Crippen LogP contribution in [0.2, 0.25) is 0 Å². The van der Waals surface area contributed by atoms with Crippen LogP contribution in [0.3, 0.4) is 0 Å². The summed E-state index contributed by atoms with van der Waals surface area (Å²) in [6.45, 7) is 6.09. The highest BCUT2D eigenvalue weighted by molar-refractivity contribution is 5.97. The number of nitrogens with one attached hydrogen (secondary N) is 1. The maximum Gasteiger partial charge on any atom is 0.439 e. The maximum atomic E-state index is 13.1. The van der Waals surface area contributed by atoms with Crippen LogP contribution in [0.1, 0.15) is 48.3 Å². The van der Waals surface area contributed by atoms with Crippen molar-refractivity contribution in [1.29, 1.82) is 0 Å². The SMILES string of the molecule is CCCCc1cc(-c2ccccc2-c2noc(=O)[nH]2)cc(C(=O)OCC)c1-n1ccc(C)n1. The number of carbonyl (C=O) groups is 1. The van der Waals surface area contributed by atoms with Crippen LogP contribution < -0.4 is 5.76 Å². The van der Waals surface area contributed by atoms with Crippen LogP contribution >= 0.6 is 0 Å². The molecule has 2 aromatic heterocycles. The Labute approximate surface area is 191 Å². The summed E-state index contributed by atoms with van der Waals surface area (Å²) >= 11 is 0. The van der Waals surface area contributed by atoms with E-state index in [1.807, 2.05) is 49.5 Å². The van der Waals surface area contributed by atoms with Crippen LogP contribution in [0.5, 0.6) is 0 Å². The molecule has 2 heterocycles. The molecule has 4 aromatic rings. The number of H-pyrrole nitrogens is 1. The van der Waals surface area contributed by atoms with Crippen LogP contribution in [-0.4, -0.2) is 32.5 Å². The zero-order valence-electron chi connectivity index (χ0n) is 18.9. The van der Waals surface area contributed by atoms with E-state index >= 15 is 0 Å². The van der Waals surface area contributed by atoms with E-state index in [0.717, 1.165) is 47.3 Å². The third-order valence-electron chi connectivity index (χ3n) is 5.37. The van der Waals surface area contributed by atoms with Crippen molar-refractivity contribution >= 4 is 5.97 Å². The third-order valence-corrected chi connectivity index (χ3v) is 5.37.